The molecule has 19 heavy (non-hydrogen) atoms. The summed E-state index contributed by atoms with van der Waals surface area (Å²) in [6, 6.07) is 1.67. The molecule has 0 amide bonds. The maximum absolute atomic E-state index is 3.70. The molecule has 1 heterocycles. The van der Waals surface area contributed by atoms with Crippen molar-refractivity contribution >= 4 is 0 Å². The van der Waals surface area contributed by atoms with Gasteiger partial charge in [-0.25, -0.2) is 0 Å². The van der Waals surface area contributed by atoms with Crippen LogP contribution in [0.15, 0.2) is 0 Å². The third-order valence-corrected chi connectivity index (χ3v) is 5.89. The van der Waals surface area contributed by atoms with Crippen LogP contribution in [0.1, 0.15) is 58.8 Å². The summed E-state index contributed by atoms with van der Waals surface area (Å²) >= 11 is 0. The molecule has 0 spiro atoms. The second-order valence-electron chi connectivity index (χ2n) is 7.61. The Morgan fingerprint density at radius 2 is 1.79 bits per heavy atom. The number of nitrogens with one attached hydrogen (secondary N) is 1. The van der Waals surface area contributed by atoms with Gasteiger partial charge in [0.2, 0.25) is 0 Å². The largest absolute Gasteiger partial charge is 0.313 e. The predicted octanol–water partition coefficient (Wildman–Crippen LogP) is 3.28. The van der Waals surface area contributed by atoms with E-state index in [4.69, 9.17) is 0 Å². The van der Waals surface area contributed by atoms with E-state index in [-0.39, 0.29) is 0 Å². The van der Waals surface area contributed by atoms with Crippen molar-refractivity contribution in [2.75, 3.05) is 19.6 Å². The number of nitrogens with zero attached hydrogens (tertiary/aromatic N) is 1. The lowest BCUT2D eigenvalue weighted by atomic mass is 9.78. The Morgan fingerprint density at radius 3 is 2.42 bits per heavy atom. The number of hydrogen-bond acceptors (Lipinski definition) is 2. The number of hydrogen-bond donors (Lipinski definition) is 1. The normalized spacial score (nSPS) is 39.9. The molecule has 2 nitrogen and oxygen atoms in total. The highest BCUT2D eigenvalue weighted by Gasteiger charge is 2.33. The van der Waals surface area contributed by atoms with Crippen LogP contribution in [0.25, 0.3) is 0 Å². The van der Waals surface area contributed by atoms with E-state index in [2.05, 4.69) is 24.1 Å². The first-order valence-corrected chi connectivity index (χ1v) is 8.70. The lowest BCUT2D eigenvalue weighted by Gasteiger charge is -2.40. The van der Waals surface area contributed by atoms with Crippen LogP contribution in [0.5, 0.6) is 0 Å². The fourth-order valence-electron chi connectivity index (χ4n) is 4.05. The minimum Gasteiger partial charge on any atom is -0.313 e. The molecule has 0 aromatic heterocycles. The van der Waals surface area contributed by atoms with Crippen LogP contribution >= 0.6 is 0 Å². The standard InChI is InChI=1S/C17H32N2/c1-13-5-8-17(10-14(13)2)19(11-15-6-7-15)12-16-4-3-9-18-16/h13-18H,3-12H2,1-2H3. The van der Waals surface area contributed by atoms with Crippen molar-refractivity contribution in [3.8, 4) is 0 Å². The van der Waals surface area contributed by atoms with Crippen LogP contribution in [0, 0.1) is 17.8 Å². The Bertz CT molecular complexity index is 281. The maximum Gasteiger partial charge on any atom is 0.0195 e. The maximum atomic E-state index is 3.70. The molecular weight excluding hydrogens is 232 g/mol. The van der Waals surface area contributed by atoms with Gasteiger partial charge in [-0.05, 0) is 69.2 Å². The molecule has 4 atom stereocenters. The van der Waals surface area contributed by atoms with Crippen molar-refractivity contribution in [1.82, 2.24) is 10.2 Å². The molecule has 0 aromatic carbocycles. The third kappa shape index (κ3) is 3.72. The highest BCUT2D eigenvalue weighted by atomic mass is 15.2. The van der Waals surface area contributed by atoms with Crippen LogP contribution in [0.3, 0.4) is 0 Å². The quantitative estimate of drug-likeness (QED) is 0.820. The molecule has 1 saturated heterocycles. The Hall–Kier alpha value is -0.0800. The third-order valence-electron chi connectivity index (χ3n) is 5.89. The van der Waals surface area contributed by atoms with Crippen LogP contribution in [-0.4, -0.2) is 36.6 Å². The zero-order valence-electron chi connectivity index (χ0n) is 12.9. The van der Waals surface area contributed by atoms with Gasteiger partial charge in [0.15, 0.2) is 0 Å². The van der Waals surface area contributed by atoms with E-state index >= 15 is 0 Å². The fourth-order valence-corrected chi connectivity index (χ4v) is 4.05. The van der Waals surface area contributed by atoms with E-state index in [9.17, 15) is 0 Å². The second-order valence-corrected chi connectivity index (χ2v) is 7.61. The van der Waals surface area contributed by atoms with Crippen LogP contribution in [-0.2, 0) is 0 Å². The molecule has 0 radical (unpaired) electrons. The predicted molar refractivity (Wildman–Crippen MR) is 81.3 cm³/mol. The molecule has 1 aliphatic heterocycles. The minimum atomic E-state index is 0.786. The molecule has 3 aliphatic rings. The molecule has 4 unspecified atom stereocenters. The molecule has 0 aromatic rings. The molecule has 2 saturated carbocycles. The minimum absolute atomic E-state index is 0.786. The lowest BCUT2D eigenvalue weighted by molar-refractivity contribution is 0.0968. The van der Waals surface area contributed by atoms with E-state index in [1.54, 1.807) is 0 Å². The summed E-state index contributed by atoms with van der Waals surface area (Å²) in [6.07, 6.45) is 10.1. The Kier molecular flexibility index (Phi) is 4.48. The molecule has 2 heteroatoms. The fraction of sp³-hybridized carbons (Fsp3) is 1.00. The van der Waals surface area contributed by atoms with Crippen molar-refractivity contribution in [2.45, 2.75) is 70.9 Å². The summed E-state index contributed by atoms with van der Waals surface area (Å²) in [5.41, 5.74) is 0. The van der Waals surface area contributed by atoms with Gasteiger partial charge in [0, 0.05) is 25.2 Å². The topological polar surface area (TPSA) is 15.3 Å². The van der Waals surface area contributed by atoms with E-state index in [0.29, 0.717) is 0 Å². The first kappa shape index (κ1) is 13.9. The van der Waals surface area contributed by atoms with Crippen LogP contribution < -0.4 is 5.32 Å². The highest BCUT2D eigenvalue weighted by Crippen LogP contribution is 2.36. The summed E-state index contributed by atoms with van der Waals surface area (Å²) in [5, 5.41) is 3.70. The molecule has 0 bridgehead atoms. The van der Waals surface area contributed by atoms with Gasteiger partial charge in [0.1, 0.15) is 0 Å². The van der Waals surface area contributed by atoms with Gasteiger partial charge >= 0.3 is 0 Å². The first-order chi connectivity index (χ1) is 9.22. The van der Waals surface area contributed by atoms with E-state index in [0.717, 1.165) is 29.8 Å². The van der Waals surface area contributed by atoms with Gasteiger partial charge in [-0.15, -0.1) is 0 Å². The van der Waals surface area contributed by atoms with Crippen molar-refractivity contribution < 1.29 is 0 Å². The van der Waals surface area contributed by atoms with E-state index < -0.39 is 0 Å². The van der Waals surface area contributed by atoms with E-state index in [1.807, 2.05) is 0 Å². The van der Waals surface area contributed by atoms with Gasteiger partial charge in [-0.1, -0.05) is 13.8 Å². The molecule has 110 valence electrons. The SMILES string of the molecule is CC1CCC(N(CC2CC2)CC2CCCN2)CC1C. The Labute approximate surface area is 119 Å². The average molecular weight is 264 g/mol. The van der Waals surface area contributed by atoms with Gasteiger partial charge in [0.05, 0.1) is 0 Å². The van der Waals surface area contributed by atoms with Gasteiger partial charge in [0.25, 0.3) is 0 Å². The van der Waals surface area contributed by atoms with Crippen LogP contribution in [0.2, 0.25) is 0 Å². The van der Waals surface area contributed by atoms with Crippen molar-refractivity contribution in [3.63, 3.8) is 0 Å². The summed E-state index contributed by atoms with van der Waals surface area (Å²) < 4.78 is 0. The summed E-state index contributed by atoms with van der Waals surface area (Å²) in [7, 11) is 0. The first-order valence-electron chi connectivity index (χ1n) is 8.70. The molecule has 1 N–H and O–H groups in total. The Balaban J connectivity index is 1.57. The van der Waals surface area contributed by atoms with E-state index in [1.165, 1.54) is 64.6 Å². The summed E-state index contributed by atoms with van der Waals surface area (Å²) in [5.74, 6) is 2.91. The van der Waals surface area contributed by atoms with Gasteiger partial charge in [-0.3, -0.25) is 4.90 Å². The summed E-state index contributed by atoms with van der Waals surface area (Å²) in [4.78, 5) is 2.88. The molecular formula is C17H32N2. The average Bonchev–Trinajstić information content (AvgIpc) is 3.06. The molecule has 3 fully saturated rings. The smallest absolute Gasteiger partial charge is 0.0195 e. The molecule has 3 rings (SSSR count). The monoisotopic (exact) mass is 264 g/mol. The lowest BCUT2D eigenvalue weighted by Crippen LogP contribution is -2.46. The molecule has 2 aliphatic carbocycles. The van der Waals surface area contributed by atoms with Crippen molar-refractivity contribution in [2.24, 2.45) is 17.8 Å². The zero-order valence-corrected chi connectivity index (χ0v) is 12.9. The Morgan fingerprint density at radius 1 is 0.947 bits per heavy atom. The highest BCUT2D eigenvalue weighted by molar-refractivity contribution is 4.89. The summed E-state index contributed by atoms with van der Waals surface area (Å²) in [6.45, 7) is 8.89. The van der Waals surface area contributed by atoms with Crippen LogP contribution in [0.4, 0.5) is 0 Å². The van der Waals surface area contributed by atoms with Crippen molar-refractivity contribution in [3.05, 3.63) is 0 Å². The second kappa shape index (κ2) is 6.13. The zero-order chi connectivity index (χ0) is 13.2. The van der Waals surface area contributed by atoms with Gasteiger partial charge in [-0.2, -0.15) is 0 Å². The van der Waals surface area contributed by atoms with Gasteiger partial charge < -0.3 is 5.32 Å². The number of rotatable bonds is 5. The van der Waals surface area contributed by atoms with Crippen molar-refractivity contribution in [1.29, 1.82) is 0 Å².